The zero-order valence-electron chi connectivity index (χ0n) is 13.7. The highest BCUT2D eigenvalue weighted by molar-refractivity contribution is 5.94. The van der Waals surface area contributed by atoms with Crippen molar-refractivity contribution in [1.29, 1.82) is 0 Å². The van der Waals surface area contributed by atoms with Crippen LogP contribution in [-0.2, 0) is 12.0 Å². The highest BCUT2D eigenvalue weighted by Crippen LogP contribution is 2.30. The summed E-state index contributed by atoms with van der Waals surface area (Å²) in [5, 5.41) is 3.04. The van der Waals surface area contributed by atoms with Gasteiger partial charge in [0.25, 0.3) is 5.91 Å². The number of nitrogens with two attached hydrogens (primary N) is 1. The first-order valence-corrected chi connectivity index (χ1v) is 7.76. The normalized spacial score (nSPS) is 10.9. The van der Waals surface area contributed by atoms with Crippen LogP contribution in [0.5, 0.6) is 0 Å². The van der Waals surface area contributed by atoms with Gasteiger partial charge in [-0.2, -0.15) is 0 Å². The predicted molar refractivity (Wildman–Crippen MR) is 94.9 cm³/mol. The third-order valence-electron chi connectivity index (χ3n) is 4.44. The van der Waals surface area contributed by atoms with Gasteiger partial charge in [0.1, 0.15) is 12.0 Å². The molecule has 5 heteroatoms. The molecule has 1 aromatic carbocycles. The Morgan fingerprint density at radius 3 is 2.39 bits per heavy atom. The molecule has 1 heterocycles. The van der Waals surface area contributed by atoms with E-state index in [9.17, 15) is 4.79 Å². The van der Waals surface area contributed by atoms with Crippen LogP contribution < -0.4 is 11.1 Å². The largest absolute Gasteiger partial charge is 0.467 e. The van der Waals surface area contributed by atoms with Crippen LogP contribution in [0.2, 0.25) is 0 Å². The SMILES string of the molecule is CCC(CC)(CNC(=O)c1coc(CN)c1)c1ccccc1.Cl. The number of nitrogens with one attached hydrogen (secondary N) is 1. The average Bonchev–Trinajstić information content (AvgIpc) is 3.06. The van der Waals surface area contributed by atoms with Crippen LogP contribution in [0.15, 0.2) is 47.1 Å². The third kappa shape index (κ3) is 4.36. The lowest BCUT2D eigenvalue weighted by atomic mass is 9.76. The van der Waals surface area contributed by atoms with E-state index in [-0.39, 0.29) is 23.7 Å². The fraction of sp³-hybridized carbons (Fsp3) is 0.389. The van der Waals surface area contributed by atoms with Gasteiger partial charge in [-0.3, -0.25) is 4.79 Å². The summed E-state index contributed by atoms with van der Waals surface area (Å²) in [6.45, 7) is 5.22. The molecule has 0 saturated carbocycles. The maximum atomic E-state index is 12.3. The fourth-order valence-electron chi connectivity index (χ4n) is 2.76. The number of rotatable bonds is 7. The van der Waals surface area contributed by atoms with E-state index < -0.39 is 0 Å². The van der Waals surface area contributed by atoms with Gasteiger partial charge in [0.05, 0.1) is 12.1 Å². The zero-order valence-corrected chi connectivity index (χ0v) is 14.5. The fourth-order valence-corrected chi connectivity index (χ4v) is 2.76. The van der Waals surface area contributed by atoms with Gasteiger partial charge >= 0.3 is 0 Å². The maximum Gasteiger partial charge on any atom is 0.254 e. The molecule has 4 nitrogen and oxygen atoms in total. The van der Waals surface area contributed by atoms with E-state index in [4.69, 9.17) is 10.2 Å². The number of carbonyl (C=O) groups excluding carboxylic acids is 1. The van der Waals surface area contributed by atoms with Gasteiger partial charge in [-0.05, 0) is 24.5 Å². The number of benzene rings is 1. The molecule has 3 N–H and O–H groups in total. The summed E-state index contributed by atoms with van der Waals surface area (Å²) in [4.78, 5) is 12.3. The lowest BCUT2D eigenvalue weighted by Crippen LogP contribution is -2.40. The van der Waals surface area contributed by atoms with Crippen molar-refractivity contribution in [3.05, 3.63) is 59.5 Å². The topological polar surface area (TPSA) is 68.3 Å². The smallest absolute Gasteiger partial charge is 0.254 e. The summed E-state index contributed by atoms with van der Waals surface area (Å²) < 4.78 is 5.22. The van der Waals surface area contributed by atoms with Crippen molar-refractivity contribution < 1.29 is 9.21 Å². The van der Waals surface area contributed by atoms with Crippen molar-refractivity contribution in [3.63, 3.8) is 0 Å². The third-order valence-corrected chi connectivity index (χ3v) is 4.44. The molecule has 1 aromatic heterocycles. The van der Waals surface area contributed by atoms with E-state index in [1.165, 1.54) is 11.8 Å². The molecular weight excluding hydrogens is 312 g/mol. The lowest BCUT2D eigenvalue weighted by Gasteiger charge is -2.32. The van der Waals surface area contributed by atoms with Crippen molar-refractivity contribution >= 4 is 18.3 Å². The average molecular weight is 337 g/mol. The van der Waals surface area contributed by atoms with Crippen molar-refractivity contribution in [2.24, 2.45) is 5.73 Å². The van der Waals surface area contributed by atoms with Gasteiger partial charge in [-0.25, -0.2) is 0 Å². The molecule has 0 aliphatic rings. The van der Waals surface area contributed by atoms with Gasteiger partial charge < -0.3 is 15.5 Å². The summed E-state index contributed by atoms with van der Waals surface area (Å²) in [5.74, 6) is 0.496. The molecule has 0 aliphatic heterocycles. The first-order chi connectivity index (χ1) is 10.6. The standard InChI is InChI=1S/C18H24N2O2.ClH/c1-3-18(4-2,15-8-6-5-7-9-15)13-20-17(21)14-10-16(11-19)22-12-14;/h5-10,12H,3-4,11,13,19H2,1-2H3,(H,20,21);1H. The van der Waals surface area contributed by atoms with E-state index in [2.05, 4.69) is 31.3 Å². The van der Waals surface area contributed by atoms with Crippen LogP contribution in [0, 0.1) is 0 Å². The Morgan fingerprint density at radius 1 is 1.22 bits per heavy atom. The van der Waals surface area contributed by atoms with E-state index in [1.807, 2.05) is 18.2 Å². The van der Waals surface area contributed by atoms with Gasteiger partial charge in [-0.1, -0.05) is 44.2 Å². The molecule has 126 valence electrons. The van der Waals surface area contributed by atoms with E-state index in [1.54, 1.807) is 6.07 Å². The van der Waals surface area contributed by atoms with Crippen molar-refractivity contribution in [3.8, 4) is 0 Å². The predicted octanol–water partition coefficient (Wildman–Crippen LogP) is 3.65. The molecule has 0 saturated heterocycles. The first-order valence-electron chi connectivity index (χ1n) is 7.76. The minimum Gasteiger partial charge on any atom is -0.467 e. The summed E-state index contributed by atoms with van der Waals surface area (Å²) >= 11 is 0. The highest BCUT2D eigenvalue weighted by atomic mass is 35.5. The molecule has 0 unspecified atom stereocenters. The Bertz CT molecular complexity index is 606. The van der Waals surface area contributed by atoms with Crippen molar-refractivity contribution in [2.45, 2.75) is 38.6 Å². The van der Waals surface area contributed by atoms with Gasteiger partial charge in [0.2, 0.25) is 0 Å². The van der Waals surface area contributed by atoms with Crippen molar-refractivity contribution in [1.82, 2.24) is 5.32 Å². The van der Waals surface area contributed by atoms with Crippen molar-refractivity contribution in [2.75, 3.05) is 6.54 Å². The molecule has 0 fully saturated rings. The van der Waals surface area contributed by atoms with E-state index in [0.717, 1.165) is 12.8 Å². The zero-order chi connectivity index (χ0) is 16.0. The molecule has 2 aromatic rings. The van der Waals surface area contributed by atoms with Gasteiger partial charge in [0.15, 0.2) is 0 Å². The molecule has 0 bridgehead atoms. The number of furan rings is 1. The Morgan fingerprint density at radius 2 is 1.87 bits per heavy atom. The molecule has 0 aliphatic carbocycles. The molecule has 23 heavy (non-hydrogen) atoms. The van der Waals surface area contributed by atoms with Gasteiger partial charge in [0, 0.05) is 12.0 Å². The number of hydrogen-bond donors (Lipinski definition) is 2. The number of halogens is 1. The van der Waals surface area contributed by atoms with Crippen LogP contribution in [-0.4, -0.2) is 12.5 Å². The van der Waals surface area contributed by atoms with Crippen LogP contribution in [0.4, 0.5) is 0 Å². The molecule has 2 rings (SSSR count). The Labute approximate surface area is 143 Å². The van der Waals surface area contributed by atoms with Crippen LogP contribution >= 0.6 is 12.4 Å². The Balaban J connectivity index is 0.00000264. The first kappa shape index (κ1) is 19.3. The second-order valence-electron chi connectivity index (χ2n) is 5.54. The summed E-state index contributed by atoms with van der Waals surface area (Å²) in [6, 6.07) is 12.0. The summed E-state index contributed by atoms with van der Waals surface area (Å²) in [7, 11) is 0. The van der Waals surface area contributed by atoms with Gasteiger partial charge in [-0.15, -0.1) is 12.4 Å². The number of hydrogen-bond acceptors (Lipinski definition) is 3. The monoisotopic (exact) mass is 336 g/mol. The maximum absolute atomic E-state index is 12.3. The molecule has 1 amide bonds. The highest BCUT2D eigenvalue weighted by Gasteiger charge is 2.29. The second kappa shape index (κ2) is 8.75. The minimum atomic E-state index is -0.120. The van der Waals surface area contributed by atoms with Crippen LogP contribution in [0.3, 0.4) is 0 Å². The lowest BCUT2D eigenvalue weighted by molar-refractivity contribution is 0.0941. The van der Waals surface area contributed by atoms with Crippen LogP contribution in [0.1, 0.15) is 48.4 Å². The quantitative estimate of drug-likeness (QED) is 0.811. The van der Waals surface area contributed by atoms with Crippen LogP contribution in [0.25, 0.3) is 0 Å². The number of amides is 1. The summed E-state index contributed by atoms with van der Waals surface area (Å²) in [6.07, 6.45) is 3.39. The Kier molecular flexibility index (Phi) is 7.33. The summed E-state index contributed by atoms with van der Waals surface area (Å²) in [5.41, 5.74) is 7.24. The molecule has 0 atom stereocenters. The molecule has 0 radical (unpaired) electrons. The molecule has 0 spiro atoms. The minimum absolute atomic E-state index is 0. The second-order valence-corrected chi connectivity index (χ2v) is 5.54. The van der Waals surface area contributed by atoms with E-state index in [0.29, 0.717) is 24.4 Å². The number of carbonyl (C=O) groups is 1. The molecular formula is C18H25ClN2O2. The Hall–Kier alpha value is -1.78. The van der Waals surface area contributed by atoms with E-state index >= 15 is 0 Å².